The van der Waals surface area contributed by atoms with E-state index in [-0.39, 0.29) is 17.5 Å². The van der Waals surface area contributed by atoms with Crippen molar-refractivity contribution in [2.45, 2.75) is 52.4 Å². The molecule has 110 heavy (non-hydrogen) atoms. The summed E-state index contributed by atoms with van der Waals surface area (Å²) in [4.78, 5) is 5.43. The quantitative estimate of drug-likeness (QED) is 0.127. The molecule has 0 atom stereocenters. The summed E-state index contributed by atoms with van der Waals surface area (Å²) in [6, 6.07) is 138. The number of hydrogen-bond acceptors (Lipinski definition) is 2. The molecule has 0 amide bonds. The third-order valence-corrected chi connectivity index (χ3v) is 23.5. The van der Waals surface area contributed by atoms with Crippen molar-refractivity contribution >= 4 is 123 Å². The van der Waals surface area contributed by atoms with Gasteiger partial charge in [0.25, 0.3) is 6.71 Å². The highest BCUT2D eigenvalue weighted by molar-refractivity contribution is 7.00. The maximum absolute atomic E-state index is 2.72. The Balaban J connectivity index is 0.929. The van der Waals surface area contributed by atoms with E-state index in [4.69, 9.17) is 0 Å². The average Bonchev–Trinajstić information content (AvgIpc) is 0.768. The van der Waals surface area contributed by atoms with Crippen LogP contribution in [0.2, 0.25) is 0 Å². The van der Waals surface area contributed by atoms with Gasteiger partial charge in [-0.05, 0) is 163 Å². The van der Waals surface area contributed by atoms with Gasteiger partial charge < -0.3 is 23.5 Å². The van der Waals surface area contributed by atoms with Crippen molar-refractivity contribution in [2.75, 3.05) is 9.80 Å². The molecule has 0 bridgehead atoms. The average molecular weight is 1410 g/mol. The molecule has 6 heteroatoms. The molecule has 5 heterocycles. The van der Waals surface area contributed by atoms with E-state index in [0.29, 0.717) is 0 Å². The van der Waals surface area contributed by atoms with Gasteiger partial charge in [0, 0.05) is 88.7 Å². The molecule has 21 rings (SSSR count). The molecule has 0 saturated carbocycles. The van der Waals surface area contributed by atoms with E-state index in [0.717, 1.165) is 123 Å². The SMILES string of the molecule is CC(C)(C)c1cccc(-c2ccc3c(c2)N(c2c(-c4ccccc4)cc(C(C)(C)C)cc2-c2ccccc2)c2cc(-n4c5ccccc5c5ccccc54)cc4c2B3c2ccc(-n3c5ccccc5c5cc(-n6c7ccccc7c7ccccc76)ccc53)cc2N4c2c(-c3ccccc3)cccc2-c2ccccc2)c1. The summed E-state index contributed by atoms with van der Waals surface area (Å²) >= 11 is 0. The van der Waals surface area contributed by atoms with E-state index < -0.39 is 0 Å². The number of anilines is 6. The fourth-order valence-electron chi connectivity index (χ4n) is 18.3. The summed E-state index contributed by atoms with van der Waals surface area (Å²) in [7, 11) is 0. The predicted molar refractivity (Wildman–Crippen MR) is 468 cm³/mol. The zero-order valence-electron chi connectivity index (χ0n) is 62.5. The maximum Gasteiger partial charge on any atom is 0.252 e. The summed E-state index contributed by atoms with van der Waals surface area (Å²) in [6.07, 6.45) is 0. The summed E-state index contributed by atoms with van der Waals surface area (Å²) in [5.41, 5.74) is 34.2. The first-order chi connectivity index (χ1) is 53.9. The molecule has 2 aliphatic rings. The Kier molecular flexibility index (Phi) is 14.8. The van der Waals surface area contributed by atoms with Crippen LogP contribution in [0.15, 0.2) is 364 Å². The number of rotatable bonds is 10. The maximum atomic E-state index is 2.72. The Hall–Kier alpha value is -13.4. The highest BCUT2D eigenvalue weighted by Gasteiger charge is 2.46. The van der Waals surface area contributed by atoms with Crippen LogP contribution < -0.4 is 26.2 Å². The van der Waals surface area contributed by atoms with Crippen molar-refractivity contribution in [3.63, 3.8) is 0 Å². The predicted octanol–water partition coefficient (Wildman–Crippen LogP) is 26.0. The van der Waals surface area contributed by atoms with Crippen molar-refractivity contribution in [3.05, 3.63) is 375 Å². The molecule has 0 spiro atoms. The molecule has 19 aromatic rings. The second-order valence-electron chi connectivity index (χ2n) is 32.0. The van der Waals surface area contributed by atoms with Crippen LogP contribution in [0.3, 0.4) is 0 Å². The zero-order valence-corrected chi connectivity index (χ0v) is 62.5. The van der Waals surface area contributed by atoms with Gasteiger partial charge in [-0.25, -0.2) is 0 Å². The van der Waals surface area contributed by atoms with Gasteiger partial charge in [0.1, 0.15) is 0 Å². The van der Waals surface area contributed by atoms with Crippen LogP contribution in [-0.4, -0.2) is 20.4 Å². The minimum atomic E-state index is -0.279. The molecule has 0 aliphatic carbocycles. The van der Waals surface area contributed by atoms with Crippen molar-refractivity contribution in [3.8, 4) is 72.7 Å². The van der Waals surface area contributed by atoms with E-state index in [9.17, 15) is 0 Å². The lowest BCUT2D eigenvalue weighted by Gasteiger charge is -2.46. The molecule has 0 fully saturated rings. The topological polar surface area (TPSA) is 21.3 Å². The molecule has 5 nitrogen and oxygen atoms in total. The standard InChI is InChI=1S/C104H78BN5/c1-103(2,3)73-40-29-39-71(59-73)72-53-56-88-96(60-72)109(102-85(69-35-15-9-16-36-69)61-74(104(4,5)6)62-86(102)70-37-17-10-18-38-70)98-65-77(108-92-50-26-21-43-82(92)83-44-22-27-51-93(83)108)66-99-100(98)105(88)89-57-54-76(64-97(89)110(99)101-78(67-31-11-7-12-32-67)46-30-47-79(101)68-33-13-8-14-34-68)107-94-52-28-23-45-84(94)87-63-75(55-58-95(87)107)106-90-48-24-19-41-80(90)81-42-20-25-49-91(81)106/h7-66H,1-6H3. The molecule has 0 radical (unpaired) electrons. The van der Waals surface area contributed by atoms with Crippen LogP contribution >= 0.6 is 0 Å². The fourth-order valence-corrected chi connectivity index (χ4v) is 18.3. The van der Waals surface area contributed by atoms with Gasteiger partial charge in [-0.3, -0.25) is 0 Å². The van der Waals surface area contributed by atoms with E-state index in [1.54, 1.807) is 0 Å². The number of para-hydroxylation sites is 6. The van der Waals surface area contributed by atoms with Crippen molar-refractivity contribution in [1.82, 2.24) is 13.7 Å². The van der Waals surface area contributed by atoms with Gasteiger partial charge in [-0.2, -0.15) is 0 Å². The molecule has 0 N–H and O–H groups in total. The second kappa shape index (κ2) is 25.1. The molecular formula is C104H78BN5. The summed E-state index contributed by atoms with van der Waals surface area (Å²) in [6.45, 7) is 13.8. The Morgan fingerprint density at radius 1 is 0.218 bits per heavy atom. The van der Waals surface area contributed by atoms with E-state index in [1.165, 1.54) is 76.4 Å². The summed E-state index contributed by atoms with van der Waals surface area (Å²) < 4.78 is 7.53. The second-order valence-corrected chi connectivity index (χ2v) is 32.0. The number of benzene rings is 16. The fraction of sp³-hybridized carbons (Fsp3) is 0.0769. The normalized spacial score (nSPS) is 12.8. The van der Waals surface area contributed by atoms with Crippen molar-refractivity contribution < 1.29 is 0 Å². The van der Waals surface area contributed by atoms with Crippen molar-refractivity contribution in [1.29, 1.82) is 0 Å². The van der Waals surface area contributed by atoms with Gasteiger partial charge in [-0.1, -0.05) is 315 Å². The Morgan fingerprint density at radius 2 is 0.555 bits per heavy atom. The smallest absolute Gasteiger partial charge is 0.252 e. The molecule has 522 valence electrons. The first kappa shape index (κ1) is 64.9. The van der Waals surface area contributed by atoms with Crippen LogP contribution in [0.4, 0.5) is 34.1 Å². The summed E-state index contributed by atoms with van der Waals surface area (Å²) in [5.74, 6) is 0. The van der Waals surface area contributed by atoms with Gasteiger partial charge in [0.05, 0.1) is 50.2 Å². The highest BCUT2D eigenvalue weighted by Crippen LogP contribution is 2.55. The minimum absolute atomic E-state index is 0.0789. The number of nitrogens with zero attached hydrogens (tertiary/aromatic N) is 5. The first-order valence-electron chi connectivity index (χ1n) is 38.6. The zero-order chi connectivity index (χ0) is 73.7. The van der Waals surface area contributed by atoms with Crippen LogP contribution in [0.25, 0.3) is 138 Å². The van der Waals surface area contributed by atoms with Gasteiger partial charge in [0.2, 0.25) is 0 Å². The molecule has 0 saturated heterocycles. The molecule has 0 unspecified atom stereocenters. The number of hydrogen-bond donors (Lipinski definition) is 0. The van der Waals surface area contributed by atoms with Crippen LogP contribution in [-0.2, 0) is 10.8 Å². The van der Waals surface area contributed by atoms with Crippen LogP contribution in [0.1, 0.15) is 52.7 Å². The van der Waals surface area contributed by atoms with Gasteiger partial charge in [-0.15, -0.1) is 0 Å². The first-order valence-corrected chi connectivity index (χ1v) is 38.6. The van der Waals surface area contributed by atoms with Crippen molar-refractivity contribution in [2.24, 2.45) is 0 Å². The number of aromatic nitrogens is 3. The molecular weight excluding hydrogens is 1330 g/mol. The Bertz CT molecular complexity index is 6700. The van der Waals surface area contributed by atoms with E-state index in [2.05, 4.69) is 429 Å². The highest BCUT2D eigenvalue weighted by atomic mass is 15.2. The monoisotopic (exact) mass is 1410 g/mol. The largest absolute Gasteiger partial charge is 0.310 e. The van der Waals surface area contributed by atoms with Crippen LogP contribution in [0, 0.1) is 0 Å². The van der Waals surface area contributed by atoms with E-state index in [1.807, 2.05) is 0 Å². The Morgan fingerprint density at radius 3 is 1.02 bits per heavy atom. The molecule has 2 aliphatic heterocycles. The van der Waals surface area contributed by atoms with Gasteiger partial charge >= 0.3 is 0 Å². The minimum Gasteiger partial charge on any atom is -0.310 e. The van der Waals surface area contributed by atoms with E-state index >= 15 is 0 Å². The number of fused-ring (bicyclic) bond motifs is 13. The lowest BCUT2D eigenvalue weighted by Crippen LogP contribution is -2.61. The summed E-state index contributed by atoms with van der Waals surface area (Å²) in [5, 5.41) is 7.27. The lowest BCUT2D eigenvalue weighted by molar-refractivity contribution is 0.590. The van der Waals surface area contributed by atoms with Crippen LogP contribution in [0.5, 0.6) is 0 Å². The van der Waals surface area contributed by atoms with Gasteiger partial charge in [0.15, 0.2) is 0 Å². The molecule has 3 aromatic heterocycles. The third-order valence-electron chi connectivity index (χ3n) is 23.5. The third kappa shape index (κ3) is 10.2. The lowest BCUT2D eigenvalue weighted by atomic mass is 9.33. The molecule has 16 aromatic carbocycles. The Labute approximate surface area is 642 Å².